The van der Waals surface area contributed by atoms with Gasteiger partial charge in [-0.1, -0.05) is 0 Å². The van der Waals surface area contributed by atoms with Crippen LogP contribution in [-0.4, -0.2) is 22.1 Å². The average Bonchev–Trinajstić information content (AvgIpc) is 2.80. The first-order valence-corrected chi connectivity index (χ1v) is 5.73. The summed E-state index contributed by atoms with van der Waals surface area (Å²) in [4.78, 5) is 11.9. The summed E-state index contributed by atoms with van der Waals surface area (Å²) in [6.07, 6.45) is 0. The number of benzene rings is 1. The molecule has 1 aromatic carbocycles. The van der Waals surface area contributed by atoms with Gasteiger partial charge in [-0.3, -0.25) is 0 Å². The number of nitrogens with zero attached hydrogens (tertiary/aromatic N) is 2. The molecule has 0 bridgehead atoms. The van der Waals surface area contributed by atoms with Crippen LogP contribution in [0.2, 0.25) is 0 Å². The number of pyridine rings is 1. The van der Waals surface area contributed by atoms with Crippen LogP contribution < -0.4 is 16.2 Å². The van der Waals surface area contributed by atoms with Gasteiger partial charge in [0, 0.05) is 23.0 Å². The second-order valence-corrected chi connectivity index (χ2v) is 4.20. The molecule has 3 aromatic rings. The fourth-order valence-electron chi connectivity index (χ4n) is 1.94. The molecule has 2 heterocycles. The number of anilines is 2. The Labute approximate surface area is 109 Å². The lowest BCUT2D eigenvalue weighted by Gasteiger charge is -2.01. The maximum atomic E-state index is 5.78. The highest BCUT2D eigenvalue weighted by Gasteiger charge is 2.08. The fourth-order valence-corrected chi connectivity index (χ4v) is 1.94. The van der Waals surface area contributed by atoms with Crippen molar-refractivity contribution in [3.05, 3.63) is 30.3 Å². The van der Waals surface area contributed by atoms with Crippen LogP contribution in [0.15, 0.2) is 30.3 Å². The molecule has 3 rings (SSSR count). The summed E-state index contributed by atoms with van der Waals surface area (Å²) in [5, 5.41) is 0. The number of imidazole rings is 1. The van der Waals surface area contributed by atoms with Crippen molar-refractivity contribution in [2.24, 2.45) is 0 Å². The van der Waals surface area contributed by atoms with Crippen molar-refractivity contribution in [3.8, 4) is 17.3 Å². The van der Waals surface area contributed by atoms with Gasteiger partial charge in [0.05, 0.1) is 12.6 Å². The van der Waals surface area contributed by atoms with Gasteiger partial charge in [0.25, 0.3) is 0 Å². The van der Waals surface area contributed by atoms with E-state index in [1.807, 2.05) is 18.2 Å². The van der Waals surface area contributed by atoms with Gasteiger partial charge in [-0.2, -0.15) is 4.98 Å². The summed E-state index contributed by atoms with van der Waals surface area (Å²) in [5.41, 5.74) is 15.0. The summed E-state index contributed by atoms with van der Waals surface area (Å²) in [6, 6.07) is 8.97. The molecule has 0 unspecified atom stereocenters. The average molecular weight is 255 g/mol. The first-order valence-electron chi connectivity index (χ1n) is 5.73. The van der Waals surface area contributed by atoms with Crippen molar-refractivity contribution in [1.29, 1.82) is 0 Å². The molecular weight excluding hydrogens is 242 g/mol. The Bertz CT molecular complexity index is 730. The number of nitrogens with one attached hydrogen (secondary N) is 1. The predicted molar refractivity (Wildman–Crippen MR) is 74.7 cm³/mol. The minimum Gasteiger partial charge on any atom is -0.481 e. The summed E-state index contributed by atoms with van der Waals surface area (Å²) >= 11 is 0. The smallest absolute Gasteiger partial charge is 0.215 e. The number of nitrogen functional groups attached to an aromatic ring is 2. The van der Waals surface area contributed by atoms with Crippen molar-refractivity contribution < 1.29 is 4.74 Å². The van der Waals surface area contributed by atoms with Crippen molar-refractivity contribution in [2.45, 2.75) is 0 Å². The van der Waals surface area contributed by atoms with Gasteiger partial charge < -0.3 is 21.2 Å². The Morgan fingerprint density at radius 3 is 2.47 bits per heavy atom. The number of ether oxygens (including phenoxy) is 1. The lowest BCUT2D eigenvalue weighted by Crippen LogP contribution is -1.92. The maximum absolute atomic E-state index is 5.78. The molecule has 0 saturated heterocycles. The predicted octanol–water partition coefficient (Wildman–Crippen LogP) is 1.80. The highest BCUT2D eigenvalue weighted by atomic mass is 16.5. The molecule has 0 fully saturated rings. The molecule has 6 nitrogen and oxygen atoms in total. The van der Waals surface area contributed by atoms with Crippen molar-refractivity contribution in [2.75, 3.05) is 18.6 Å². The highest BCUT2D eigenvalue weighted by Crippen LogP contribution is 2.25. The number of aromatic nitrogens is 3. The van der Waals surface area contributed by atoms with Crippen LogP contribution in [0.5, 0.6) is 5.88 Å². The Morgan fingerprint density at radius 2 is 1.79 bits per heavy atom. The third-order valence-corrected chi connectivity index (χ3v) is 2.78. The monoisotopic (exact) mass is 255 g/mol. The topological polar surface area (TPSA) is 103 Å². The molecule has 6 heteroatoms. The van der Waals surface area contributed by atoms with E-state index in [4.69, 9.17) is 16.2 Å². The van der Waals surface area contributed by atoms with E-state index in [1.165, 1.54) is 0 Å². The Kier molecular flexibility index (Phi) is 2.49. The first kappa shape index (κ1) is 11.3. The zero-order valence-electron chi connectivity index (χ0n) is 10.3. The summed E-state index contributed by atoms with van der Waals surface area (Å²) < 4.78 is 5.07. The van der Waals surface area contributed by atoms with Crippen molar-refractivity contribution >= 4 is 22.5 Å². The van der Waals surface area contributed by atoms with E-state index in [9.17, 15) is 0 Å². The minimum absolute atomic E-state index is 0.526. The van der Waals surface area contributed by atoms with E-state index in [0.717, 1.165) is 11.1 Å². The summed E-state index contributed by atoms with van der Waals surface area (Å²) in [7, 11) is 1.57. The normalized spacial score (nSPS) is 10.8. The number of hydrogen-bond donors (Lipinski definition) is 3. The number of hydrogen-bond acceptors (Lipinski definition) is 5. The maximum Gasteiger partial charge on any atom is 0.215 e. The number of nitrogens with two attached hydrogens (primary N) is 2. The quantitative estimate of drug-likeness (QED) is 0.606. The van der Waals surface area contributed by atoms with E-state index >= 15 is 0 Å². The lowest BCUT2D eigenvalue weighted by atomic mass is 10.1. The zero-order valence-corrected chi connectivity index (χ0v) is 10.3. The number of aromatic amines is 1. The number of methoxy groups -OCH3 is 1. The SMILES string of the molecule is COc1ccc2[nH]c(-c3cc(N)cc(N)c3)nc2n1. The molecule has 0 aliphatic carbocycles. The molecule has 0 aliphatic heterocycles. The molecule has 5 N–H and O–H groups in total. The van der Waals surface area contributed by atoms with Crippen LogP contribution in [0.25, 0.3) is 22.6 Å². The molecule has 19 heavy (non-hydrogen) atoms. The van der Waals surface area contributed by atoms with E-state index < -0.39 is 0 Å². The molecule has 0 atom stereocenters. The standard InChI is InChI=1S/C13H13N5O/c1-19-11-3-2-10-13(17-11)18-12(16-10)7-4-8(14)6-9(15)5-7/h2-6H,14-15H2,1H3,(H,16,17,18). The van der Waals surface area contributed by atoms with Crippen LogP contribution in [0.4, 0.5) is 11.4 Å². The van der Waals surface area contributed by atoms with E-state index in [2.05, 4.69) is 15.0 Å². The molecule has 0 radical (unpaired) electrons. The van der Waals surface area contributed by atoms with Crippen LogP contribution in [0, 0.1) is 0 Å². The summed E-state index contributed by atoms with van der Waals surface area (Å²) in [6.45, 7) is 0. The van der Waals surface area contributed by atoms with E-state index in [1.54, 1.807) is 19.2 Å². The van der Waals surface area contributed by atoms with E-state index in [-0.39, 0.29) is 0 Å². The van der Waals surface area contributed by atoms with Crippen molar-refractivity contribution in [3.63, 3.8) is 0 Å². The van der Waals surface area contributed by atoms with Gasteiger partial charge in [-0.05, 0) is 24.3 Å². The molecule has 2 aromatic heterocycles. The Hall–Kier alpha value is -2.76. The number of rotatable bonds is 2. The molecule has 0 saturated carbocycles. The number of H-pyrrole nitrogens is 1. The van der Waals surface area contributed by atoms with Gasteiger partial charge >= 0.3 is 0 Å². The third kappa shape index (κ3) is 2.03. The molecule has 96 valence electrons. The number of fused-ring (bicyclic) bond motifs is 1. The molecule has 0 aliphatic rings. The molecular formula is C13H13N5O. The second kappa shape index (κ2) is 4.16. The largest absolute Gasteiger partial charge is 0.481 e. The van der Waals surface area contributed by atoms with Crippen molar-refractivity contribution in [1.82, 2.24) is 15.0 Å². The summed E-state index contributed by atoms with van der Waals surface area (Å²) in [5.74, 6) is 1.20. The second-order valence-electron chi connectivity index (χ2n) is 4.20. The van der Waals surface area contributed by atoms with Crippen LogP contribution in [0.3, 0.4) is 0 Å². The minimum atomic E-state index is 0.526. The first-order chi connectivity index (χ1) is 9.15. The fraction of sp³-hybridized carbons (Fsp3) is 0.0769. The Morgan fingerprint density at radius 1 is 1.05 bits per heavy atom. The van der Waals surface area contributed by atoms with Crippen LogP contribution >= 0.6 is 0 Å². The van der Waals surface area contributed by atoms with E-state index in [0.29, 0.717) is 28.7 Å². The lowest BCUT2D eigenvalue weighted by molar-refractivity contribution is 0.399. The molecule has 0 spiro atoms. The molecule has 0 amide bonds. The Balaban J connectivity index is 2.14. The van der Waals surface area contributed by atoms with Gasteiger partial charge in [-0.25, -0.2) is 4.98 Å². The van der Waals surface area contributed by atoms with Crippen LogP contribution in [-0.2, 0) is 0 Å². The van der Waals surface area contributed by atoms with Gasteiger partial charge in [0.2, 0.25) is 5.88 Å². The van der Waals surface area contributed by atoms with Gasteiger partial charge in [-0.15, -0.1) is 0 Å². The van der Waals surface area contributed by atoms with Crippen LogP contribution in [0.1, 0.15) is 0 Å². The van der Waals surface area contributed by atoms with Gasteiger partial charge in [0.15, 0.2) is 5.65 Å². The highest BCUT2D eigenvalue weighted by molar-refractivity contribution is 5.78. The van der Waals surface area contributed by atoms with Gasteiger partial charge in [0.1, 0.15) is 5.82 Å². The zero-order chi connectivity index (χ0) is 13.4. The third-order valence-electron chi connectivity index (χ3n) is 2.78.